The molecule has 0 radical (unpaired) electrons. The molecule has 0 spiro atoms. The molecular weight excluding hydrogens is 452 g/mol. The number of phenolic OH excluding ortho intramolecular Hbond substituents is 1. The van der Waals surface area contributed by atoms with Crippen LogP contribution in [0, 0.1) is 6.92 Å². The highest BCUT2D eigenvalue weighted by Crippen LogP contribution is 2.37. The van der Waals surface area contributed by atoms with Gasteiger partial charge in [0.05, 0.1) is 21.7 Å². The Hall–Kier alpha value is -1.96. The number of amidine groups is 1. The van der Waals surface area contributed by atoms with Crippen LogP contribution in [0.2, 0.25) is 5.02 Å². The van der Waals surface area contributed by atoms with Gasteiger partial charge in [0.15, 0.2) is 16.7 Å². The van der Waals surface area contributed by atoms with Crippen molar-refractivity contribution in [1.29, 1.82) is 0 Å². The molecule has 1 fully saturated rings. The first-order chi connectivity index (χ1) is 12.9. The van der Waals surface area contributed by atoms with E-state index in [4.69, 9.17) is 16.3 Å². The Morgan fingerprint density at radius 1 is 1.37 bits per heavy atom. The number of nitrogens with zero attached hydrogens (tertiary/aromatic N) is 1. The van der Waals surface area contributed by atoms with Gasteiger partial charge in [-0.05, 0) is 83.0 Å². The molecule has 1 aliphatic heterocycles. The number of amides is 1. The number of benzene rings is 2. The van der Waals surface area contributed by atoms with Crippen molar-refractivity contribution in [3.8, 4) is 11.5 Å². The minimum absolute atomic E-state index is 0.0289. The maximum absolute atomic E-state index is 12.3. The molecule has 140 valence electrons. The van der Waals surface area contributed by atoms with Gasteiger partial charge in [-0.25, -0.2) is 4.99 Å². The van der Waals surface area contributed by atoms with Crippen LogP contribution in [0.5, 0.6) is 11.5 Å². The smallest absolute Gasteiger partial charge is 0.264 e. The molecule has 2 aromatic rings. The highest BCUT2D eigenvalue weighted by molar-refractivity contribution is 9.10. The molecule has 0 bridgehead atoms. The second-order valence-electron chi connectivity index (χ2n) is 5.70. The predicted molar refractivity (Wildman–Crippen MR) is 114 cm³/mol. The average Bonchev–Trinajstić information content (AvgIpc) is 2.95. The van der Waals surface area contributed by atoms with Gasteiger partial charge in [0, 0.05) is 5.02 Å². The number of ether oxygens (including phenoxy) is 1. The number of aliphatic imine (C=N–C) groups is 1. The number of hydrogen-bond acceptors (Lipinski definition) is 5. The summed E-state index contributed by atoms with van der Waals surface area (Å²) in [7, 11) is 0. The largest absolute Gasteiger partial charge is 0.503 e. The van der Waals surface area contributed by atoms with Crippen LogP contribution in [0.4, 0.5) is 5.69 Å². The minimum atomic E-state index is -0.236. The summed E-state index contributed by atoms with van der Waals surface area (Å²) in [6.07, 6.45) is 1.72. The van der Waals surface area contributed by atoms with Gasteiger partial charge in [0.2, 0.25) is 0 Å². The summed E-state index contributed by atoms with van der Waals surface area (Å²) in [4.78, 5) is 17.3. The summed E-state index contributed by atoms with van der Waals surface area (Å²) in [6, 6.07) is 8.83. The van der Waals surface area contributed by atoms with Gasteiger partial charge in [-0.15, -0.1) is 0 Å². The minimum Gasteiger partial charge on any atom is -0.503 e. The molecule has 0 aromatic heterocycles. The highest BCUT2D eigenvalue weighted by atomic mass is 79.9. The number of carbonyl (C=O) groups is 1. The van der Waals surface area contributed by atoms with Crippen molar-refractivity contribution in [2.45, 2.75) is 13.8 Å². The SMILES string of the molecule is CCOc1cc(/C=C2\SC(=Nc3cc(Cl)ccc3C)NC2=O)cc(Br)c1O. The lowest BCUT2D eigenvalue weighted by atomic mass is 10.2. The number of aryl methyl sites for hydroxylation is 1. The Labute approximate surface area is 174 Å². The fraction of sp³-hybridized carbons (Fsp3) is 0.158. The van der Waals surface area contributed by atoms with Gasteiger partial charge in [-0.3, -0.25) is 4.79 Å². The van der Waals surface area contributed by atoms with Crippen LogP contribution in [0.3, 0.4) is 0 Å². The fourth-order valence-electron chi connectivity index (χ4n) is 2.39. The van der Waals surface area contributed by atoms with Crippen molar-refractivity contribution in [1.82, 2.24) is 5.32 Å². The van der Waals surface area contributed by atoms with Crippen LogP contribution in [0.15, 0.2) is 44.7 Å². The number of carbonyl (C=O) groups excluding carboxylic acids is 1. The van der Waals surface area contributed by atoms with Gasteiger partial charge in [-0.1, -0.05) is 17.7 Å². The molecule has 1 amide bonds. The third-order valence-electron chi connectivity index (χ3n) is 3.69. The molecule has 3 rings (SSSR count). The molecule has 0 saturated carbocycles. The maximum atomic E-state index is 12.3. The zero-order chi connectivity index (χ0) is 19.6. The zero-order valence-electron chi connectivity index (χ0n) is 14.5. The quantitative estimate of drug-likeness (QED) is 0.590. The first-order valence-electron chi connectivity index (χ1n) is 8.08. The average molecular weight is 468 g/mol. The van der Waals surface area contributed by atoms with E-state index in [0.29, 0.717) is 37.6 Å². The van der Waals surface area contributed by atoms with Crippen molar-refractivity contribution >= 4 is 62.1 Å². The van der Waals surface area contributed by atoms with Gasteiger partial charge < -0.3 is 15.2 Å². The number of aromatic hydroxyl groups is 1. The maximum Gasteiger partial charge on any atom is 0.264 e. The summed E-state index contributed by atoms with van der Waals surface area (Å²) in [5.41, 5.74) is 2.39. The Morgan fingerprint density at radius 3 is 2.89 bits per heavy atom. The van der Waals surface area contributed by atoms with Gasteiger partial charge >= 0.3 is 0 Å². The van der Waals surface area contributed by atoms with Crippen LogP contribution in [0.25, 0.3) is 6.08 Å². The molecular formula is C19H16BrClN2O3S. The second-order valence-corrected chi connectivity index (χ2v) is 8.02. The summed E-state index contributed by atoms with van der Waals surface area (Å²) in [5, 5.41) is 13.8. The first-order valence-corrected chi connectivity index (χ1v) is 10.1. The van der Waals surface area contributed by atoms with E-state index in [9.17, 15) is 9.90 Å². The molecule has 0 aliphatic carbocycles. The van der Waals surface area contributed by atoms with E-state index < -0.39 is 0 Å². The Bertz CT molecular complexity index is 976. The third kappa shape index (κ3) is 4.66. The number of rotatable bonds is 4. The van der Waals surface area contributed by atoms with Crippen molar-refractivity contribution in [3.05, 3.63) is 55.9 Å². The van der Waals surface area contributed by atoms with Crippen molar-refractivity contribution in [2.24, 2.45) is 4.99 Å². The predicted octanol–water partition coefficient (Wildman–Crippen LogP) is 5.41. The zero-order valence-corrected chi connectivity index (χ0v) is 17.7. The summed E-state index contributed by atoms with van der Waals surface area (Å²) >= 11 is 10.6. The van der Waals surface area contributed by atoms with Crippen LogP contribution >= 0.6 is 39.3 Å². The van der Waals surface area contributed by atoms with E-state index in [1.54, 1.807) is 30.3 Å². The molecule has 5 nitrogen and oxygen atoms in total. The lowest BCUT2D eigenvalue weighted by Crippen LogP contribution is -2.19. The highest BCUT2D eigenvalue weighted by Gasteiger charge is 2.24. The number of hydrogen-bond donors (Lipinski definition) is 2. The lowest BCUT2D eigenvalue weighted by Gasteiger charge is -2.08. The molecule has 2 N–H and O–H groups in total. The number of thioether (sulfide) groups is 1. The summed E-state index contributed by atoms with van der Waals surface area (Å²) in [6.45, 7) is 4.18. The fourth-order valence-corrected chi connectivity index (χ4v) is 3.85. The monoisotopic (exact) mass is 466 g/mol. The lowest BCUT2D eigenvalue weighted by molar-refractivity contribution is -0.115. The number of nitrogens with one attached hydrogen (secondary N) is 1. The molecule has 27 heavy (non-hydrogen) atoms. The Kier molecular flexibility index (Phi) is 6.14. The topological polar surface area (TPSA) is 70.9 Å². The molecule has 2 aromatic carbocycles. The normalized spacial score (nSPS) is 16.8. The van der Waals surface area contributed by atoms with Crippen molar-refractivity contribution < 1.29 is 14.6 Å². The number of phenols is 1. The summed E-state index contributed by atoms with van der Waals surface area (Å²) < 4.78 is 5.91. The molecule has 1 heterocycles. The third-order valence-corrected chi connectivity index (χ3v) is 5.44. The Morgan fingerprint density at radius 2 is 2.15 bits per heavy atom. The van der Waals surface area contributed by atoms with Crippen LogP contribution in [0.1, 0.15) is 18.1 Å². The van der Waals surface area contributed by atoms with Crippen LogP contribution in [-0.2, 0) is 4.79 Å². The van der Waals surface area contributed by atoms with Gasteiger partial charge in [0.1, 0.15) is 0 Å². The van der Waals surface area contributed by atoms with E-state index in [2.05, 4.69) is 26.2 Å². The Balaban J connectivity index is 1.90. The standard InChI is InChI=1S/C19H16BrClN2O3S/c1-3-26-15-7-11(6-13(20)17(15)24)8-16-18(25)23-19(27-16)22-14-9-12(21)5-4-10(14)2/h4-9,24H,3H2,1-2H3,(H,22,23,25)/b16-8-. The van der Waals surface area contributed by atoms with E-state index >= 15 is 0 Å². The van der Waals surface area contributed by atoms with E-state index in [0.717, 1.165) is 11.1 Å². The van der Waals surface area contributed by atoms with E-state index in [1.165, 1.54) is 11.8 Å². The molecule has 8 heteroatoms. The molecule has 1 saturated heterocycles. The van der Waals surface area contributed by atoms with E-state index in [-0.39, 0.29) is 11.7 Å². The summed E-state index contributed by atoms with van der Waals surface area (Å²) in [5.74, 6) is 0.146. The van der Waals surface area contributed by atoms with E-state index in [1.807, 2.05) is 19.9 Å². The van der Waals surface area contributed by atoms with Gasteiger partial charge in [-0.2, -0.15) is 0 Å². The van der Waals surface area contributed by atoms with Crippen LogP contribution < -0.4 is 10.1 Å². The number of halogens is 2. The molecule has 1 aliphatic rings. The second kappa shape index (κ2) is 8.37. The first kappa shape index (κ1) is 19.8. The van der Waals surface area contributed by atoms with Crippen molar-refractivity contribution in [3.63, 3.8) is 0 Å². The van der Waals surface area contributed by atoms with Crippen molar-refractivity contribution in [2.75, 3.05) is 6.61 Å². The molecule has 0 unspecified atom stereocenters. The van der Waals surface area contributed by atoms with Gasteiger partial charge in [0.25, 0.3) is 5.91 Å². The molecule has 0 atom stereocenters. The van der Waals surface area contributed by atoms with Crippen LogP contribution in [-0.4, -0.2) is 22.8 Å².